The average molecular weight is 315 g/mol. The molecule has 0 aliphatic rings. The first-order valence-corrected chi connectivity index (χ1v) is 8.03. The van der Waals surface area contributed by atoms with E-state index in [2.05, 4.69) is 18.2 Å². The highest BCUT2D eigenvalue weighted by Gasteiger charge is 2.17. The molecule has 0 fully saturated rings. The third kappa shape index (κ3) is 2.17. The van der Waals surface area contributed by atoms with Gasteiger partial charge in [0.1, 0.15) is 5.75 Å². The molecule has 2 aromatic carbocycles. The third-order valence-corrected chi connectivity index (χ3v) is 4.29. The zero-order chi connectivity index (χ0) is 16.5. The van der Waals surface area contributed by atoms with E-state index in [0.717, 1.165) is 39.5 Å². The van der Waals surface area contributed by atoms with E-state index in [9.17, 15) is 4.79 Å². The van der Waals surface area contributed by atoms with Crippen LogP contribution in [0.4, 0.5) is 0 Å². The molecule has 0 unspecified atom stereocenters. The van der Waals surface area contributed by atoms with Crippen molar-refractivity contribution in [3.63, 3.8) is 0 Å². The molecule has 0 aliphatic heterocycles. The van der Waals surface area contributed by atoms with E-state index in [4.69, 9.17) is 4.74 Å². The molecular formula is C21H17NO2. The van der Waals surface area contributed by atoms with Crippen LogP contribution in [0.15, 0.2) is 66.9 Å². The highest BCUT2D eigenvalue weighted by molar-refractivity contribution is 6.04. The molecule has 3 heteroatoms. The third-order valence-electron chi connectivity index (χ3n) is 4.29. The molecule has 118 valence electrons. The molecule has 0 N–H and O–H groups in total. The summed E-state index contributed by atoms with van der Waals surface area (Å²) < 4.78 is 7.79. The van der Waals surface area contributed by atoms with E-state index in [1.54, 1.807) is 0 Å². The molecule has 0 saturated heterocycles. The minimum Gasteiger partial charge on any atom is -0.493 e. The molecule has 0 aliphatic carbocycles. The summed E-state index contributed by atoms with van der Waals surface area (Å²) in [7, 11) is 0. The predicted octanol–water partition coefficient (Wildman–Crippen LogP) is 4.97. The van der Waals surface area contributed by atoms with Gasteiger partial charge in [0, 0.05) is 22.8 Å². The molecule has 3 nitrogen and oxygen atoms in total. The fourth-order valence-electron chi connectivity index (χ4n) is 3.27. The second-order valence-electron chi connectivity index (χ2n) is 5.65. The van der Waals surface area contributed by atoms with Crippen molar-refractivity contribution in [2.75, 3.05) is 6.61 Å². The number of ether oxygens (including phenoxy) is 1. The number of hydrogen-bond donors (Lipinski definition) is 0. The lowest BCUT2D eigenvalue weighted by atomic mass is 9.97. The summed E-state index contributed by atoms with van der Waals surface area (Å²) in [6.07, 6.45) is 2.83. The molecule has 0 atom stereocenters. The minimum absolute atomic E-state index is 0.579. The smallest absolute Gasteiger partial charge is 0.167 e. The number of aldehydes is 1. The predicted molar refractivity (Wildman–Crippen MR) is 96.9 cm³/mol. The molecule has 0 spiro atoms. The van der Waals surface area contributed by atoms with Crippen molar-refractivity contribution in [3.8, 4) is 16.9 Å². The van der Waals surface area contributed by atoms with Crippen LogP contribution in [0.3, 0.4) is 0 Å². The van der Waals surface area contributed by atoms with Gasteiger partial charge in [-0.25, -0.2) is 0 Å². The number of carbonyl (C=O) groups is 1. The zero-order valence-electron chi connectivity index (χ0n) is 13.4. The number of carbonyl (C=O) groups excluding carboxylic acids is 1. The van der Waals surface area contributed by atoms with Crippen molar-refractivity contribution in [3.05, 3.63) is 72.6 Å². The largest absolute Gasteiger partial charge is 0.493 e. The monoisotopic (exact) mass is 315 g/mol. The average Bonchev–Trinajstić information content (AvgIpc) is 3.00. The van der Waals surface area contributed by atoms with E-state index >= 15 is 0 Å². The maximum absolute atomic E-state index is 11.8. The number of nitrogens with zero attached hydrogens (tertiary/aromatic N) is 1. The standard InChI is InChI=1S/C21H17NO2/c1-2-24-20-11-10-15-7-3-4-9-17(15)21(20)18-13-16-8-5-6-12-22(16)19(18)14-23/h3-14H,2H2,1H3. The number of fused-ring (bicyclic) bond motifs is 2. The van der Waals surface area contributed by atoms with E-state index in [1.165, 1.54) is 0 Å². The molecular weight excluding hydrogens is 298 g/mol. The first kappa shape index (κ1) is 14.5. The van der Waals surface area contributed by atoms with Crippen molar-refractivity contribution in [1.82, 2.24) is 4.40 Å². The van der Waals surface area contributed by atoms with Gasteiger partial charge in [-0.3, -0.25) is 4.79 Å². The van der Waals surface area contributed by atoms with Crippen LogP contribution in [0, 0.1) is 0 Å². The van der Waals surface area contributed by atoms with Crippen LogP contribution in [-0.4, -0.2) is 17.3 Å². The van der Waals surface area contributed by atoms with Gasteiger partial charge in [-0.05, 0) is 42.0 Å². The molecule has 2 heterocycles. The molecule has 0 amide bonds. The Kier molecular flexibility index (Phi) is 3.54. The Morgan fingerprint density at radius 3 is 2.71 bits per heavy atom. The van der Waals surface area contributed by atoms with E-state index in [0.29, 0.717) is 12.3 Å². The molecule has 0 bridgehead atoms. The maximum Gasteiger partial charge on any atom is 0.167 e. The van der Waals surface area contributed by atoms with Crippen LogP contribution in [0.5, 0.6) is 5.75 Å². The van der Waals surface area contributed by atoms with Crippen molar-refractivity contribution in [2.24, 2.45) is 0 Å². The summed E-state index contributed by atoms with van der Waals surface area (Å²) in [4.78, 5) is 11.8. The summed E-state index contributed by atoms with van der Waals surface area (Å²) in [6.45, 7) is 2.55. The number of pyridine rings is 1. The second-order valence-corrected chi connectivity index (χ2v) is 5.65. The number of rotatable bonds is 4. The zero-order valence-corrected chi connectivity index (χ0v) is 13.4. The summed E-state index contributed by atoms with van der Waals surface area (Å²) in [5.74, 6) is 0.801. The normalized spacial score (nSPS) is 11.0. The van der Waals surface area contributed by atoms with Crippen molar-refractivity contribution in [2.45, 2.75) is 6.92 Å². The Bertz CT molecular complexity index is 1050. The fourth-order valence-corrected chi connectivity index (χ4v) is 3.27. The first-order chi connectivity index (χ1) is 11.8. The van der Waals surface area contributed by atoms with Crippen LogP contribution in [0.1, 0.15) is 17.4 Å². The van der Waals surface area contributed by atoms with Crippen LogP contribution in [0.25, 0.3) is 27.4 Å². The fraction of sp³-hybridized carbons (Fsp3) is 0.0952. The molecule has 4 aromatic rings. The molecule has 0 radical (unpaired) electrons. The van der Waals surface area contributed by atoms with Gasteiger partial charge in [-0.1, -0.05) is 36.4 Å². The lowest BCUT2D eigenvalue weighted by Gasteiger charge is -2.13. The van der Waals surface area contributed by atoms with Gasteiger partial charge in [-0.2, -0.15) is 0 Å². The minimum atomic E-state index is 0.579. The first-order valence-electron chi connectivity index (χ1n) is 8.03. The number of benzene rings is 2. The van der Waals surface area contributed by atoms with Crippen LogP contribution >= 0.6 is 0 Å². The molecule has 2 aromatic heterocycles. The van der Waals surface area contributed by atoms with Gasteiger partial charge in [0.05, 0.1) is 12.3 Å². The van der Waals surface area contributed by atoms with Crippen molar-refractivity contribution < 1.29 is 9.53 Å². The number of hydrogen-bond acceptors (Lipinski definition) is 2. The second kappa shape index (κ2) is 5.85. The van der Waals surface area contributed by atoms with E-state index < -0.39 is 0 Å². The topological polar surface area (TPSA) is 30.7 Å². The molecule has 4 rings (SSSR count). The van der Waals surface area contributed by atoms with Gasteiger partial charge in [-0.15, -0.1) is 0 Å². The molecule has 0 saturated carbocycles. The molecule has 24 heavy (non-hydrogen) atoms. The van der Waals surface area contributed by atoms with Gasteiger partial charge in [0.2, 0.25) is 0 Å². The summed E-state index contributed by atoms with van der Waals surface area (Å²) >= 11 is 0. The Morgan fingerprint density at radius 2 is 1.88 bits per heavy atom. The van der Waals surface area contributed by atoms with Gasteiger partial charge in [0.15, 0.2) is 6.29 Å². The van der Waals surface area contributed by atoms with E-state index in [-0.39, 0.29) is 0 Å². The highest BCUT2D eigenvalue weighted by Crippen LogP contribution is 2.39. The van der Waals surface area contributed by atoms with Crippen molar-refractivity contribution in [1.29, 1.82) is 0 Å². The summed E-state index contributed by atoms with van der Waals surface area (Å²) in [6, 6.07) is 20.2. The highest BCUT2D eigenvalue weighted by atomic mass is 16.5. The Morgan fingerprint density at radius 1 is 1.04 bits per heavy atom. The quantitative estimate of drug-likeness (QED) is 0.498. The van der Waals surface area contributed by atoms with Crippen LogP contribution in [-0.2, 0) is 0 Å². The summed E-state index contributed by atoms with van der Waals surface area (Å²) in [5.41, 5.74) is 3.50. The lowest BCUT2D eigenvalue weighted by molar-refractivity contribution is 0.111. The van der Waals surface area contributed by atoms with Crippen LogP contribution in [0.2, 0.25) is 0 Å². The lowest BCUT2D eigenvalue weighted by Crippen LogP contribution is -1.97. The van der Waals surface area contributed by atoms with Gasteiger partial charge >= 0.3 is 0 Å². The van der Waals surface area contributed by atoms with Crippen molar-refractivity contribution >= 4 is 22.6 Å². The van der Waals surface area contributed by atoms with E-state index in [1.807, 2.05) is 60.0 Å². The Balaban J connectivity index is 2.12. The number of aromatic nitrogens is 1. The van der Waals surface area contributed by atoms with Gasteiger partial charge < -0.3 is 9.14 Å². The Hall–Kier alpha value is -3.07. The SMILES string of the molecule is CCOc1ccc2ccccc2c1-c1cc2ccccn2c1C=O. The Labute approximate surface area is 140 Å². The maximum atomic E-state index is 11.8. The van der Waals surface area contributed by atoms with Crippen LogP contribution < -0.4 is 4.74 Å². The van der Waals surface area contributed by atoms with Gasteiger partial charge in [0.25, 0.3) is 0 Å². The summed E-state index contributed by atoms with van der Waals surface area (Å²) in [5, 5.41) is 2.21.